The van der Waals surface area contributed by atoms with Crippen LogP contribution in [0.3, 0.4) is 0 Å². The van der Waals surface area contributed by atoms with Crippen LogP contribution in [-0.4, -0.2) is 12.6 Å². The predicted octanol–water partition coefficient (Wildman–Crippen LogP) is 8.48. The van der Waals surface area contributed by atoms with E-state index in [-0.39, 0.29) is 5.97 Å². The Balaban J connectivity index is -0.0000000523. The maximum absolute atomic E-state index is 10.7. The molecule has 2 heteroatoms. The molecule has 0 bridgehead atoms. The zero-order valence-electron chi connectivity index (χ0n) is 19.0. The van der Waals surface area contributed by atoms with Crippen LogP contribution in [0.2, 0.25) is 0 Å². The number of esters is 1. The second-order valence-electron chi connectivity index (χ2n) is 4.59. The molecule has 0 N–H and O–H groups in total. The molecule has 0 aromatic rings. The zero-order chi connectivity index (χ0) is 22.1. The second-order valence-corrected chi connectivity index (χ2v) is 4.59. The largest absolute Gasteiger partial charge is 0.466 e. The molecule has 26 heavy (non-hydrogen) atoms. The molecule has 0 rings (SSSR count). The first kappa shape index (κ1) is 39.3. The first-order valence-electron chi connectivity index (χ1n) is 9.43. The van der Waals surface area contributed by atoms with Gasteiger partial charge in [0.25, 0.3) is 0 Å². The van der Waals surface area contributed by atoms with Gasteiger partial charge in [-0.25, -0.2) is 0 Å². The van der Waals surface area contributed by atoms with E-state index in [4.69, 9.17) is 4.74 Å². The third-order valence-corrected chi connectivity index (χ3v) is 1.58. The standard InChI is InChI=1S/C8H16O2.C4H8.4C3H6/c1-3-5-6-7-8(9)10-4-2;1-3-4-2;4*1-3-2/h3-7H2,1-2H3;3H,1,4H2,2H3;4*3H,1H2,2H3. The number of carbonyl (C=O) groups excluding carboxylic acids is 1. The van der Waals surface area contributed by atoms with Gasteiger partial charge in [0.05, 0.1) is 6.61 Å². The number of hydrogen-bond donors (Lipinski definition) is 0. The lowest BCUT2D eigenvalue weighted by Crippen LogP contribution is -2.02. The van der Waals surface area contributed by atoms with Crippen molar-refractivity contribution in [1.29, 1.82) is 0 Å². The van der Waals surface area contributed by atoms with Gasteiger partial charge in [0, 0.05) is 6.42 Å². The Bertz CT molecular complexity index is 241. The average molecular weight is 369 g/mol. The van der Waals surface area contributed by atoms with Crippen LogP contribution in [0.5, 0.6) is 0 Å². The van der Waals surface area contributed by atoms with Gasteiger partial charge in [-0.1, -0.05) is 57.1 Å². The van der Waals surface area contributed by atoms with Gasteiger partial charge in [0.2, 0.25) is 0 Å². The third-order valence-electron chi connectivity index (χ3n) is 1.58. The molecule has 0 aliphatic rings. The molecule has 0 fully saturated rings. The molecular formula is C24H48O2. The van der Waals surface area contributed by atoms with E-state index in [1.807, 2.05) is 40.7 Å². The van der Waals surface area contributed by atoms with Gasteiger partial charge in [-0.05, 0) is 47.5 Å². The summed E-state index contributed by atoms with van der Waals surface area (Å²) in [4.78, 5) is 10.7. The van der Waals surface area contributed by atoms with Crippen LogP contribution in [0, 0.1) is 0 Å². The topological polar surface area (TPSA) is 26.3 Å². The maximum Gasteiger partial charge on any atom is 0.305 e. The summed E-state index contributed by atoms with van der Waals surface area (Å²) in [6.07, 6.45) is 13.8. The van der Waals surface area contributed by atoms with Gasteiger partial charge in [-0.2, -0.15) is 0 Å². The molecule has 2 nitrogen and oxygen atoms in total. The second kappa shape index (κ2) is 65.7. The van der Waals surface area contributed by atoms with Crippen molar-refractivity contribution in [2.24, 2.45) is 0 Å². The molecule has 0 amide bonds. The molecule has 0 heterocycles. The van der Waals surface area contributed by atoms with Gasteiger partial charge in [0.1, 0.15) is 0 Å². The SMILES string of the molecule is C=CC.C=CC.C=CC.C=CC.C=CCC.CCCCCC(=O)OCC. The predicted molar refractivity (Wildman–Crippen MR) is 125 cm³/mol. The zero-order valence-corrected chi connectivity index (χ0v) is 19.0. The van der Waals surface area contributed by atoms with E-state index in [1.54, 1.807) is 24.3 Å². The molecule has 0 aromatic heterocycles. The molecule has 0 saturated carbocycles. The summed E-state index contributed by atoms with van der Waals surface area (Å²) < 4.78 is 4.75. The number of rotatable bonds is 6. The highest BCUT2D eigenvalue weighted by Crippen LogP contribution is 1.99. The molecule has 156 valence electrons. The van der Waals surface area contributed by atoms with Crippen LogP contribution in [0.25, 0.3) is 0 Å². The highest BCUT2D eigenvalue weighted by atomic mass is 16.5. The lowest BCUT2D eigenvalue weighted by Gasteiger charge is -1.99. The monoisotopic (exact) mass is 368 g/mol. The summed E-state index contributed by atoms with van der Waals surface area (Å²) in [6, 6.07) is 0. The first-order valence-corrected chi connectivity index (χ1v) is 9.43. The molecule has 0 aromatic carbocycles. The van der Waals surface area contributed by atoms with Crippen molar-refractivity contribution in [3.63, 3.8) is 0 Å². The van der Waals surface area contributed by atoms with E-state index in [9.17, 15) is 4.79 Å². The Hall–Kier alpha value is -1.83. The van der Waals surface area contributed by atoms with E-state index in [2.05, 4.69) is 46.7 Å². The number of hydrogen-bond acceptors (Lipinski definition) is 2. The smallest absolute Gasteiger partial charge is 0.305 e. The Labute approximate surface area is 166 Å². The van der Waals surface area contributed by atoms with Crippen molar-refractivity contribution in [3.8, 4) is 0 Å². The lowest BCUT2D eigenvalue weighted by atomic mass is 10.2. The van der Waals surface area contributed by atoms with Crippen molar-refractivity contribution < 1.29 is 9.53 Å². The minimum Gasteiger partial charge on any atom is -0.466 e. The van der Waals surface area contributed by atoms with Gasteiger partial charge < -0.3 is 4.74 Å². The fourth-order valence-corrected chi connectivity index (χ4v) is 0.752. The molecular weight excluding hydrogens is 320 g/mol. The normalized spacial score (nSPS) is 6.58. The third kappa shape index (κ3) is 193. The first-order chi connectivity index (χ1) is 12.4. The molecule has 0 atom stereocenters. The summed E-state index contributed by atoms with van der Waals surface area (Å²) >= 11 is 0. The summed E-state index contributed by atoms with van der Waals surface area (Å²) in [6.45, 7) is 31.0. The minimum atomic E-state index is -0.0593. The van der Waals surface area contributed by atoms with Crippen LogP contribution in [0.4, 0.5) is 0 Å². The van der Waals surface area contributed by atoms with Gasteiger partial charge in [0.15, 0.2) is 0 Å². The Kier molecular flexibility index (Phi) is 99.3. The number of unbranched alkanes of at least 4 members (excludes halogenated alkanes) is 2. The Morgan fingerprint density at radius 2 is 1.08 bits per heavy atom. The average Bonchev–Trinajstić information content (AvgIpc) is 2.58. The quantitative estimate of drug-likeness (QED) is 0.267. The fourth-order valence-electron chi connectivity index (χ4n) is 0.752. The van der Waals surface area contributed by atoms with Crippen molar-refractivity contribution in [3.05, 3.63) is 63.3 Å². The summed E-state index contributed by atoms with van der Waals surface area (Å²) in [5.74, 6) is -0.0593. The lowest BCUT2D eigenvalue weighted by molar-refractivity contribution is -0.143. The van der Waals surface area contributed by atoms with Crippen LogP contribution in [0.15, 0.2) is 63.3 Å². The van der Waals surface area contributed by atoms with E-state index in [1.165, 1.54) is 0 Å². The summed E-state index contributed by atoms with van der Waals surface area (Å²) in [5.41, 5.74) is 0. The number of allylic oxidation sites excluding steroid dienone is 5. The Morgan fingerprint density at radius 3 is 1.27 bits per heavy atom. The number of carbonyl (C=O) groups is 1. The van der Waals surface area contributed by atoms with E-state index < -0.39 is 0 Å². The van der Waals surface area contributed by atoms with Crippen molar-refractivity contribution >= 4 is 5.97 Å². The summed E-state index contributed by atoms with van der Waals surface area (Å²) in [5, 5.41) is 0. The van der Waals surface area contributed by atoms with Crippen molar-refractivity contribution in [2.45, 2.75) is 80.6 Å². The summed E-state index contributed by atoms with van der Waals surface area (Å²) in [7, 11) is 0. The fraction of sp³-hybridized carbons (Fsp3) is 0.542. The molecule has 0 radical (unpaired) electrons. The van der Waals surface area contributed by atoms with Crippen molar-refractivity contribution in [1.82, 2.24) is 0 Å². The van der Waals surface area contributed by atoms with E-state index >= 15 is 0 Å². The van der Waals surface area contributed by atoms with Crippen LogP contribution >= 0.6 is 0 Å². The van der Waals surface area contributed by atoms with Crippen LogP contribution < -0.4 is 0 Å². The highest BCUT2D eigenvalue weighted by molar-refractivity contribution is 5.69. The van der Waals surface area contributed by atoms with Gasteiger partial charge in [-0.3, -0.25) is 4.79 Å². The van der Waals surface area contributed by atoms with Gasteiger partial charge in [-0.15, -0.1) is 32.9 Å². The Morgan fingerprint density at radius 1 is 0.769 bits per heavy atom. The highest BCUT2D eigenvalue weighted by Gasteiger charge is 1.98. The van der Waals surface area contributed by atoms with Crippen molar-refractivity contribution in [2.75, 3.05) is 6.61 Å². The molecule has 0 unspecified atom stereocenters. The molecule has 0 aliphatic carbocycles. The molecule has 0 aliphatic heterocycles. The van der Waals surface area contributed by atoms with E-state index in [0.29, 0.717) is 13.0 Å². The van der Waals surface area contributed by atoms with Crippen LogP contribution in [-0.2, 0) is 9.53 Å². The molecule has 0 spiro atoms. The van der Waals surface area contributed by atoms with Gasteiger partial charge >= 0.3 is 5.97 Å². The van der Waals surface area contributed by atoms with Crippen LogP contribution in [0.1, 0.15) is 80.6 Å². The number of ether oxygens (including phenoxy) is 1. The van der Waals surface area contributed by atoms with E-state index in [0.717, 1.165) is 25.7 Å². The maximum atomic E-state index is 10.7. The minimum absolute atomic E-state index is 0.0593. The molecule has 0 saturated heterocycles.